The topological polar surface area (TPSA) is 119 Å². The number of rotatable bonds is 10. The number of hydrogen-bond donors (Lipinski definition) is 1. The number of carbonyl (C=O) groups is 1. The van der Waals surface area contributed by atoms with E-state index < -0.39 is 19.9 Å². The summed E-state index contributed by atoms with van der Waals surface area (Å²) in [6.07, 6.45) is 3.41. The average molecular weight is 513 g/mol. The molecule has 0 atom stereocenters. The highest BCUT2D eigenvalue weighted by Gasteiger charge is 2.19. The molecule has 8 nitrogen and oxygen atoms in total. The molecule has 170 valence electrons. The molecule has 12 heteroatoms. The molecule has 0 radical (unpaired) electrons. The minimum absolute atomic E-state index is 0.177. The lowest BCUT2D eigenvalue weighted by molar-refractivity contribution is -0.140. The van der Waals surface area contributed by atoms with Crippen LogP contribution in [0.3, 0.4) is 0 Å². The highest BCUT2D eigenvalue weighted by molar-refractivity contribution is 7.93. The quantitative estimate of drug-likeness (QED) is 0.412. The molecule has 0 aliphatic carbocycles. The zero-order valence-electron chi connectivity index (χ0n) is 16.9. The molecule has 2 heterocycles. The number of nitrogens with one attached hydrogen (secondary N) is 1. The first-order valence-corrected chi connectivity index (χ1v) is 14.1. The van der Waals surface area contributed by atoms with Crippen LogP contribution in [-0.4, -0.2) is 40.1 Å². The Kier molecular flexibility index (Phi) is 7.82. The third kappa shape index (κ3) is 6.73. The Morgan fingerprint density at radius 3 is 2.59 bits per heavy atom. The Hall–Kier alpha value is -2.54. The molecule has 3 rings (SSSR count). The van der Waals surface area contributed by atoms with Gasteiger partial charge in [-0.05, 0) is 30.3 Å². The second-order valence-electron chi connectivity index (χ2n) is 6.49. The van der Waals surface area contributed by atoms with Crippen molar-refractivity contribution in [2.24, 2.45) is 0 Å². The first-order chi connectivity index (χ1) is 15.2. The number of aromatic nitrogens is 1. The maximum atomic E-state index is 12.6. The van der Waals surface area contributed by atoms with Crippen LogP contribution in [0.1, 0.15) is 17.5 Å². The van der Waals surface area contributed by atoms with Crippen LogP contribution in [0.5, 0.6) is 0 Å². The maximum absolute atomic E-state index is 12.6. The molecule has 2 aromatic heterocycles. The summed E-state index contributed by atoms with van der Waals surface area (Å²) in [6, 6.07) is 11.3. The van der Waals surface area contributed by atoms with Gasteiger partial charge in [0, 0.05) is 23.6 Å². The molecule has 0 aliphatic heterocycles. The van der Waals surface area contributed by atoms with Gasteiger partial charge in [0.25, 0.3) is 0 Å². The Bertz CT molecular complexity index is 1310. The van der Waals surface area contributed by atoms with Gasteiger partial charge in [-0.15, -0.1) is 22.7 Å². The van der Waals surface area contributed by atoms with E-state index in [2.05, 4.69) is 9.71 Å². The van der Waals surface area contributed by atoms with Crippen LogP contribution in [0.25, 0.3) is 6.08 Å². The fourth-order valence-corrected chi connectivity index (χ4v) is 7.10. The molecule has 0 aliphatic rings. The van der Waals surface area contributed by atoms with Gasteiger partial charge in [-0.3, -0.25) is 9.52 Å². The number of thiazole rings is 1. The predicted octanol–water partition coefficient (Wildman–Crippen LogP) is 3.60. The first kappa shape index (κ1) is 24.1. The van der Waals surface area contributed by atoms with E-state index in [1.165, 1.54) is 31.2 Å². The van der Waals surface area contributed by atoms with E-state index in [-0.39, 0.29) is 32.6 Å². The smallest absolute Gasteiger partial charge is 0.302 e. The summed E-state index contributed by atoms with van der Waals surface area (Å²) in [5, 5.41) is 1.92. The molecule has 0 saturated heterocycles. The van der Waals surface area contributed by atoms with E-state index >= 15 is 0 Å². The second-order valence-corrected chi connectivity index (χ2v) is 12.4. The Labute approximate surface area is 194 Å². The minimum atomic E-state index is -3.68. The van der Waals surface area contributed by atoms with Crippen LogP contribution in [0.4, 0.5) is 5.13 Å². The van der Waals surface area contributed by atoms with Gasteiger partial charge in [0.2, 0.25) is 19.9 Å². The van der Waals surface area contributed by atoms with Crippen LogP contribution < -0.4 is 4.72 Å². The van der Waals surface area contributed by atoms with E-state index in [0.29, 0.717) is 17.0 Å². The summed E-state index contributed by atoms with van der Waals surface area (Å²) in [5.74, 6) is -0.683. The molecule has 32 heavy (non-hydrogen) atoms. The molecular weight excluding hydrogens is 492 g/mol. The standard InChI is InChI=1S/C20H20N2O6S4/c1-15(23)28-12-11-16-14-29-20(21-16)22-31(24,25)13-5-6-17-9-10-19(30-17)32(26,27)18-7-3-2-4-8-18/h2-10,14H,11-13H2,1H3,(H,21,22). The molecule has 3 aromatic rings. The molecule has 0 bridgehead atoms. The van der Waals surface area contributed by atoms with E-state index in [1.807, 2.05) is 0 Å². The molecule has 0 amide bonds. The predicted molar refractivity (Wildman–Crippen MR) is 125 cm³/mol. The lowest BCUT2D eigenvalue weighted by Crippen LogP contribution is -2.15. The van der Waals surface area contributed by atoms with Gasteiger partial charge < -0.3 is 4.74 Å². The Morgan fingerprint density at radius 2 is 1.88 bits per heavy atom. The third-order valence-electron chi connectivity index (χ3n) is 3.98. The number of ether oxygens (including phenoxy) is 1. The molecule has 0 fully saturated rings. The highest BCUT2D eigenvalue weighted by Crippen LogP contribution is 2.28. The van der Waals surface area contributed by atoms with E-state index in [0.717, 1.165) is 22.7 Å². The lowest BCUT2D eigenvalue weighted by Gasteiger charge is -2.02. The zero-order valence-corrected chi connectivity index (χ0v) is 20.2. The van der Waals surface area contributed by atoms with Crippen molar-refractivity contribution < 1.29 is 26.4 Å². The third-order valence-corrected chi connectivity index (χ3v) is 9.36. The number of nitrogens with zero attached hydrogens (tertiary/aromatic N) is 1. The van der Waals surface area contributed by atoms with Gasteiger partial charge in [-0.2, -0.15) is 0 Å². The zero-order chi connectivity index (χ0) is 23.2. The summed E-state index contributed by atoms with van der Waals surface area (Å²) in [5.41, 5.74) is 0.621. The van der Waals surface area contributed by atoms with Crippen LogP contribution in [-0.2, 0) is 35.8 Å². The fourth-order valence-electron chi connectivity index (χ4n) is 2.52. The Balaban J connectivity index is 1.58. The molecule has 1 aromatic carbocycles. The van der Waals surface area contributed by atoms with E-state index in [1.54, 1.807) is 35.7 Å². The SMILES string of the molecule is CC(=O)OCCc1csc(NS(=O)(=O)CC=Cc2ccc(S(=O)(=O)c3ccccc3)s2)n1. The van der Waals surface area contributed by atoms with Crippen molar-refractivity contribution in [1.82, 2.24) is 4.98 Å². The van der Waals surface area contributed by atoms with Gasteiger partial charge in [0.15, 0.2) is 5.13 Å². The van der Waals surface area contributed by atoms with Crippen molar-refractivity contribution >= 4 is 59.7 Å². The van der Waals surface area contributed by atoms with Crippen LogP contribution >= 0.6 is 22.7 Å². The lowest BCUT2D eigenvalue weighted by atomic mass is 10.4. The summed E-state index contributed by atoms with van der Waals surface area (Å²) < 4.78 is 57.3. The van der Waals surface area contributed by atoms with Gasteiger partial charge in [0.05, 0.1) is 22.9 Å². The fraction of sp³-hybridized carbons (Fsp3) is 0.200. The average Bonchev–Trinajstić information content (AvgIpc) is 3.38. The van der Waals surface area contributed by atoms with Crippen LogP contribution in [0.15, 0.2) is 63.0 Å². The van der Waals surface area contributed by atoms with Gasteiger partial charge in [-0.25, -0.2) is 21.8 Å². The maximum Gasteiger partial charge on any atom is 0.302 e. The van der Waals surface area contributed by atoms with Crippen LogP contribution in [0, 0.1) is 0 Å². The number of hydrogen-bond acceptors (Lipinski definition) is 9. The number of sulfone groups is 1. The van der Waals surface area contributed by atoms with Crippen molar-refractivity contribution in [1.29, 1.82) is 0 Å². The normalized spacial score (nSPS) is 12.2. The van der Waals surface area contributed by atoms with Crippen molar-refractivity contribution in [2.45, 2.75) is 22.4 Å². The number of carbonyl (C=O) groups excluding carboxylic acids is 1. The molecule has 0 saturated carbocycles. The van der Waals surface area contributed by atoms with Crippen molar-refractivity contribution in [3.05, 3.63) is 64.5 Å². The number of sulfonamides is 1. The van der Waals surface area contributed by atoms with E-state index in [4.69, 9.17) is 4.74 Å². The van der Waals surface area contributed by atoms with Crippen molar-refractivity contribution in [3.63, 3.8) is 0 Å². The van der Waals surface area contributed by atoms with Gasteiger partial charge in [-0.1, -0.05) is 24.3 Å². The molecule has 0 spiro atoms. The monoisotopic (exact) mass is 512 g/mol. The van der Waals surface area contributed by atoms with Gasteiger partial charge >= 0.3 is 5.97 Å². The number of esters is 1. The van der Waals surface area contributed by atoms with Crippen molar-refractivity contribution in [2.75, 3.05) is 17.1 Å². The van der Waals surface area contributed by atoms with Gasteiger partial charge in [0.1, 0.15) is 4.21 Å². The summed E-state index contributed by atoms with van der Waals surface area (Å²) in [6.45, 7) is 1.49. The second kappa shape index (κ2) is 10.4. The highest BCUT2D eigenvalue weighted by atomic mass is 32.2. The molecule has 0 unspecified atom stereocenters. The largest absolute Gasteiger partial charge is 0.465 e. The Morgan fingerprint density at radius 1 is 1.12 bits per heavy atom. The number of thiophene rings is 1. The van der Waals surface area contributed by atoms with Crippen molar-refractivity contribution in [3.8, 4) is 0 Å². The molecule has 1 N–H and O–H groups in total. The first-order valence-electron chi connectivity index (χ1n) is 9.30. The summed E-state index contributed by atoms with van der Waals surface area (Å²) >= 11 is 2.20. The number of benzene rings is 1. The summed E-state index contributed by atoms with van der Waals surface area (Å²) in [4.78, 5) is 15.8. The minimum Gasteiger partial charge on any atom is -0.465 e. The summed E-state index contributed by atoms with van der Waals surface area (Å²) in [7, 11) is -7.28. The van der Waals surface area contributed by atoms with Crippen LogP contribution in [0.2, 0.25) is 0 Å². The van der Waals surface area contributed by atoms with E-state index in [9.17, 15) is 21.6 Å². The molecular formula is C20H20N2O6S4. The number of anilines is 1.